The van der Waals surface area contributed by atoms with E-state index in [1.807, 2.05) is 0 Å². The Morgan fingerprint density at radius 2 is 1.73 bits per heavy atom. The zero-order chi connectivity index (χ0) is 21.7. The van der Waals surface area contributed by atoms with Gasteiger partial charge in [0.15, 0.2) is 0 Å². The van der Waals surface area contributed by atoms with E-state index < -0.39 is 10.0 Å². The molecule has 1 saturated carbocycles. The molecule has 4 N–H and O–H groups in total. The van der Waals surface area contributed by atoms with Crippen LogP contribution in [0.3, 0.4) is 0 Å². The monoisotopic (exact) mass is 431 g/mol. The average Bonchev–Trinajstić information content (AvgIpc) is 3.50. The van der Waals surface area contributed by atoms with Crippen molar-refractivity contribution >= 4 is 21.8 Å². The quantitative estimate of drug-likeness (QED) is 0.450. The normalized spacial score (nSPS) is 13.6. The third-order valence-corrected chi connectivity index (χ3v) is 6.21. The van der Waals surface area contributed by atoms with Crippen molar-refractivity contribution in [1.82, 2.24) is 15.4 Å². The molecule has 0 bridgehead atoms. The molecule has 0 aliphatic heterocycles. The Labute approximate surface area is 175 Å². The first kappa shape index (κ1) is 21.8. The number of aromatic hydroxyl groups is 1. The van der Waals surface area contributed by atoms with E-state index in [-0.39, 0.29) is 28.5 Å². The van der Waals surface area contributed by atoms with Crippen molar-refractivity contribution in [2.24, 2.45) is 0 Å². The topological polar surface area (TPSA) is 125 Å². The highest BCUT2D eigenvalue weighted by atomic mass is 32.2. The van der Waals surface area contributed by atoms with Crippen LogP contribution in [0, 0.1) is 6.92 Å². The van der Waals surface area contributed by atoms with Gasteiger partial charge in [-0.2, -0.15) is 0 Å². The fourth-order valence-electron chi connectivity index (χ4n) is 2.84. The van der Waals surface area contributed by atoms with Crippen molar-refractivity contribution in [2.45, 2.75) is 37.1 Å². The van der Waals surface area contributed by atoms with Crippen LogP contribution in [0.4, 0.5) is 0 Å². The lowest BCUT2D eigenvalue weighted by molar-refractivity contribution is 0.0951. The zero-order valence-corrected chi connectivity index (χ0v) is 17.5. The summed E-state index contributed by atoms with van der Waals surface area (Å²) in [5.41, 5.74) is 1.33. The molecule has 0 unspecified atom stereocenters. The van der Waals surface area contributed by atoms with Gasteiger partial charge in [-0.05, 0) is 62.1 Å². The molecule has 0 saturated heterocycles. The molecular weight excluding hydrogens is 406 g/mol. The zero-order valence-electron chi connectivity index (χ0n) is 16.6. The Bertz CT molecular complexity index is 1050. The number of aryl methyl sites for hydroxylation is 1. The molecule has 0 aromatic heterocycles. The number of sulfonamides is 1. The van der Waals surface area contributed by atoms with Crippen LogP contribution in [0.5, 0.6) is 5.75 Å². The van der Waals surface area contributed by atoms with Gasteiger partial charge in [-0.15, -0.1) is 0 Å². The molecule has 3 rings (SSSR count). The molecule has 8 nitrogen and oxygen atoms in total. The van der Waals surface area contributed by atoms with Gasteiger partial charge in [0.1, 0.15) is 5.75 Å². The van der Waals surface area contributed by atoms with Crippen LogP contribution in [0.2, 0.25) is 0 Å². The largest absolute Gasteiger partial charge is 0.508 e. The summed E-state index contributed by atoms with van der Waals surface area (Å²) in [6, 6.07) is 10.5. The summed E-state index contributed by atoms with van der Waals surface area (Å²) in [5.74, 6) is -0.661. The molecule has 160 valence electrons. The molecule has 9 heteroatoms. The van der Waals surface area contributed by atoms with Crippen LogP contribution in [-0.2, 0) is 10.0 Å². The van der Waals surface area contributed by atoms with Crippen molar-refractivity contribution in [3.8, 4) is 5.75 Å². The van der Waals surface area contributed by atoms with E-state index in [9.17, 15) is 23.1 Å². The van der Waals surface area contributed by atoms with Gasteiger partial charge < -0.3 is 15.7 Å². The van der Waals surface area contributed by atoms with Crippen molar-refractivity contribution in [3.05, 3.63) is 59.2 Å². The standard InChI is InChI=1S/C21H25N3O5S/c1-14-6-9-18(30(28,29)24-16-7-8-16)13-19(14)21(27)23-11-3-10-22-20(26)15-4-2-5-17(25)12-15/h2,4-6,9,12-13,16,24-25H,3,7-8,10-11H2,1H3,(H,22,26)(H,23,27). The molecular formula is C21H25N3O5S. The molecule has 2 amide bonds. The number of phenolic OH excluding ortho intramolecular Hbond substituents is 1. The van der Waals surface area contributed by atoms with Crippen LogP contribution in [0.15, 0.2) is 47.4 Å². The molecule has 1 fully saturated rings. The van der Waals surface area contributed by atoms with E-state index in [2.05, 4.69) is 15.4 Å². The molecule has 1 aliphatic rings. The smallest absolute Gasteiger partial charge is 0.251 e. The van der Waals surface area contributed by atoms with Gasteiger partial charge in [-0.1, -0.05) is 12.1 Å². The number of hydrogen-bond acceptors (Lipinski definition) is 5. The van der Waals surface area contributed by atoms with Crippen LogP contribution in [0.25, 0.3) is 0 Å². The van der Waals surface area contributed by atoms with Crippen LogP contribution >= 0.6 is 0 Å². The van der Waals surface area contributed by atoms with Crippen molar-refractivity contribution < 1.29 is 23.1 Å². The summed E-state index contributed by atoms with van der Waals surface area (Å²) in [6.45, 7) is 2.40. The van der Waals surface area contributed by atoms with Crippen molar-refractivity contribution in [3.63, 3.8) is 0 Å². The highest BCUT2D eigenvalue weighted by molar-refractivity contribution is 7.89. The van der Waals surface area contributed by atoms with E-state index in [4.69, 9.17) is 0 Å². The predicted octanol–water partition coefficient (Wildman–Crippen LogP) is 1.69. The Morgan fingerprint density at radius 1 is 1.03 bits per heavy atom. The second kappa shape index (κ2) is 9.27. The third-order valence-electron chi connectivity index (χ3n) is 4.70. The summed E-state index contributed by atoms with van der Waals surface area (Å²) in [6.07, 6.45) is 2.16. The summed E-state index contributed by atoms with van der Waals surface area (Å²) >= 11 is 0. The van der Waals surface area contributed by atoms with Gasteiger partial charge in [0.05, 0.1) is 4.90 Å². The van der Waals surface area contributed by atoms with E-state index in [0.717, 1.165) is 12.8 Å². The van der Waals surface area contributed by atoms with Crippen LogP contribution in [-0.4, -0.2) is 44.5 Å². The number of rotatable bonds is 9. The fraction of sp³-hybridized carbons (Fsp3) is 0.333. The Morgan fingerprint density at radius 3 is 2.40 bits per heavy atom. The average molecular weight is 432 g/mol. The van der Waals surface area contributed by atoms with Gasteiger partial charge in [0.25, 0.3) is 11.8 Å². The first-order valence-electron chi connectivity index (χ1n) is 9.75. The lowest BCUT2D eigenvalue weighted by Gasteiger charge is -2.11. The number of phenols is 1. The Hall–Kier alpha value is -2.91. The minimum atomic E-state index is -3.63. The SMILES string of the molecule is Cc1ccc(S(=O)(=O)NC2CC2)cc1C(=O)NCCCNC(=O)c1cccc(O)c1. The summed E-state index contributed by atoms with van der Waals surface area (Å²) in [4.78, 5) is 24.6. The second-order valence-corrected chi connectivity index (χ2v) is 9.00. The van der Waals surface area contributed by atoms with Crippen molar-refractivity contribution in [1.29, 1.82) is 0 Å². The van der Waals surface area contributed by atoms with E-state index in [1.54, 1.807) is 25.1 Å². The lowest BCUT2D eigenvalue weighted by atomic mass is 10.1. The number of carbonyl (C=O) groups excluding carboxylic acids is 2. The van der Waals surface area contributed by atoms with Crippen LogP contribution in [0.1, 0.15) is 45.5 Å². The number of benzene rings is 2. The molecule has 30 heavy (non-hydrogen) atoms. The summed E-state index contributed by atoms with van der Waals surface area (Å²) in [5, 5.41) is 14.9. The number of nitrogens with one attached hydrogen (secondary N) is 3. The fourth-order valence-corrected chi connectivity index (χ4v) is 4.17. The minimum absolute atomic E-state index is 0.0105. The minimum Gasteiger partial charge on any atom is -0.508 e. The lowest BCUT2D eigenvalue weighted by Crippen LogP contribution is -2.30. The summed E-state index contributed by atoms with van der Waals surface area (Å²) < 4.78 is 27.3. The van der Waals surface area contributed by atoms with E-state index >= 15 is 0 Å². The van der Waals surface area contributed by atoms with Gasteiger partial charge >= 0.3 is 0 Å². The maximum atomic E-state index is 12.5. The molecule has 1 aliphatic carbocycles. The summed E-state index contributed by atoms with van der Waals surface area (Å²) in [7, 11) is -3.63. The van der Waals surface area contributed by atoms with Gasteiger partial charge in [-0.3, -0.25) is 9.59 Å². The Kier molecular flexibility index (Phi) is 6.73. The maximum Gasteiger partial charge on any atom is 0.251 e. The molecule has 2 aromatic carbocycles. The highest BCUT2D eigenvalue weighted by Crippen LogP contribution is 2.23. The number of amides is 2. The van der Waals surface area contributed by atoms with Crippen molar-refractivity contribution in [2.75, 3.05) is 13.1 Å². The first-order valence-corrected chi connectivity index (χ1v) is 11.2. The predicted molar refractivity (Wildman–Crippen MR) is 112 cm³/mol. The Balaban J connectivity index is 1.50. The maximum absolute atomic E-state index is 12.5. The number of hydrogen-bond donors (Lipinski definition) is 4. The number of carbonyl (C=O) groups is 2. The highest BCUT2D eigenvalue weighted by Gasteiger charge is 2.28. The van der Waals surface area contributed by atoms with Gasteiger partial charge in [-0.25, -0.2) is 13.1 Å². The molecule has 0 radical (unpaired) electrons. The second-order valence-electron chi connectivity index (χ2n) is 7.29. The van der Waals surface area contributed by atoms with Gasteiger partial charge in [0.2, 0.25) is 10.0 Å². The first-order chi connectivity index (χ1) is 14.3. The van der Waals surface area contributed by atoms with Gasteiger partial charge in [0, 0.05) is 30.3 Å². The third kappa shape index (κ3) is 5.80. The van der Waals surface area contributed by atoms with E-state index in [0.29, 0.717) is 36.2 Å². The van der Waals surface area contributed by atoms with Crippen LogP contribution < -0.4 is 15.4 Å². The molecule has 2 aromatic rings. The molecule has 0 heterocycles. The molecule has 0 spiro atoms. The van der Waals surface area contributed by atoms with E-state index in [1.165, 1.54) is 24.3 Å². The molecule has 0 atom stereocenters.